The summed E-state index contributed by atoms with van der Waals surface area (Å²) in [6.45, 7) is 11.6. The van der Waals surface area contributed by atoms with Gasteiger partial charge >= 0.3 is 0 Å². The third kappa shape index (κ3) is 7.68. The van der Waals surface area contributed by atoms with E-state index in [1.807, 2.05) is 0 Å². The molecule has 0 amide bonds. The van der Waals surface area contributed by atoms with E-state index in [1.54, 1.807) is 11.1 Å². The van der Waals surface area contributed by atoms with Crippen LogP contribution in [0.1, 0.15) is 91.5 Å². The summed E-state index contributed by atoms with van der Waals surface area (Å²) < 4.78 is 0. The highest BCUT2D eigenvalue weighted by Gasteiger charge is 2.19. The number of allylic oxidation sites excluding steroid dienone is 3. The lowest BCUT2D eigenvalue weighted by atomic mass is 9.79. The van der Waals surface area contributed by atoms with Crippen molar-refractivity contribution >= 4 is 6.08 Å². The second-order valence-corrected chi connectivity index (χ2v) is 9.32. The first-order chi connectivity index (χ1) is 13.0. The van der Waals surface area contributed by atoms with E-state index in [2.05, 4.69) is 77.1 Å². The molecular formula is C27H42. The topological polar surface area (TPSA) is 0 Å². The van der Waals surface area contributed by atoms with Crippen LogP contribution >= 0.6 is 0 Å². The van der Waals surface area contributed by atoms with E-state index in [-0.39, 0.29) is 0 Å². The van der Waals surface area contributed by atoms with Crippen molar-refractivity contribution in [2.45, 2.75) is 86.0 Å². The van der Waals surface area contributed by atoms with Crippen molar-refractivity contribution in [3.8, 4) is 0 Å². The summed E-state index contributed by atoms with van der Waals surface area (Å²) in [7, 11) is 0. The van der Waals surface area contributed by atoms with Gasteiger partial charge in [-0.15, -0.1) is 0 Å². The molecule has 1 aromatic carbocycles. The van der Waals surface area contributed by atoms with Gasteiger partial charge in [0.05, 0.1) is 0 Å². The van der Waals surface area contributed by atoms with Crippen LogP contribution in [0, 0.1) is 23.7 Å². The third-order valence-corrected chi connectivity index (χ3v) is 6.81. The molecule has 0 N–H and O–H groups in total. The van der Waals surface area contributed by atoms with Crippen molar-refractivity contribution in [3.05, 3.63) is 53.1 Å². The Labute approximate surface area is 169 Å². The molecule has 0 unspecified atom stereocenters. The molecule has 2 aliphatic carbocycles. The largest absolute Gasteiger partial charge is 0.0885 e. The molecular weight excluding hydrogens is 324 g/mol. The molecule has 0 heteroatoms. The van der Waals surface area contributed by atoms with E-state index in [0.29, 0.717) is 0 Å². The van der Waals surface area contributed by atoms with Gasteiger partial charge in [-0.2, -0.15) is 0 Å². The molecule has 150 valence electrons. The second kappa shape index (κ2) is 11.5. The van der Waals surface area contributed by atoms with Crippen molar-refractivity contribution in [3.63, 3.8) is 0 Å². The zero-order valence-electron chi connectivity index (χ0n) is 18.5. The Morgan fingerprint density at radius 2 is 1.15 bits per heavy atom. The van der Waals surface area contributed by atoms with Crippen LogP contribution in [-0.4, -0.2) is 0 Å². The van der Waals surface area contributed by atoms with E-state index in [4.69, 9.17) is 0 Å². The molecule has 0 spiro atoms. The highest BCUT2D eigenvalue weighted by atomic mass is 14.2. The Kier molecular flexibility index (Phi) is 9.39. The summed E-state index contributed by atoms with van der Waals surface area (Å²) in [6.07, 6.45) is 15.6. The SMILES string of the molecule is CC(C)C1CCC(=Cc2ccccc2)CC1.CC=C1CCC(C(C)C)CC1. The number of hydrogen-bond donors (Lipinski definition) is 0. The van der Waals surface area contributed by atoms with E-state index in [1.165, 1.54) is 56.9 Å². The Bertz CT molecular complexity index is 568. The van der Waals surface area contributed by atoms with Crippen molar-refractivity contribution in [2.24, 2.45) is 23.7 Å². The lowest BCUT2D eigenvalue weighted by Crippen LogP contribution is -2.13. The van der Waals surface area contributed by atoms with Crippen molar-refractivity contribution in [2.75, 3.05) is 0 Å². The van der Waals surface area contributed by atoms with Crippen LogP contribution in [-0.2, 0) is 0 Å². The summed E-state index contributed by atoms with van der Waals surface area (Å²) in [5.41, 5.74) is 4.69. The van der Waals surface area contributed by atoms with Crippen LogP contribution in [0.15, 0.2) is 47.6 Å². The van der Waals surface area contributed by atoms with Gasteiger partial charge in [0, 0.05) is 0 Å². The molecule has 1 aromatic rings. The Morgan fingerprint density at radius 3 is 1.56 bits per heavy atom. The minimum Gasteiger partial charge on any atom is -0.0885 e. The average Bonchev–Trinajstić information content (AvgIpc) is 2.70. The van der Waals surface area contributed by atoms with Crippen LogP contribution < -0.4 is 0 Å². The van der Waals surface area contributed by atoms with E-state index in [9.17, 15) is 0 Å². The van der Waals surface area contributed by atoms with Crippen LogP contribution in [0.2, 0.25) is 0 Å². The first kappa shape index (κ1) is 22.0. The Balaban J connectivity index is 0.000000208. The zero-order valence-corrected chi connectivity index (χ0v) is 18.5. The maximum absolute atomic E-state index is 2.39. The van der Waals surface area contributed by atoms with Gasteiger partial charge in [0.25, 0.3) is 0 Å². The minimum atomic E-state index is 0.860. The maximum Gasteiger partial charge on any atom is -0.0257 e. The van der Waals surface area contributed by atoms with Gasteiger partial charge < -0.3 is 0 Å². The first-order valence-corrected chi connectivity index (χ1v) is 11.4. The Morgan fingerprint density at radius 1 is 0.704 bits per heavy atom. The molecule has 2 saturated carbocycles. The predicted octanol–water partition coefficient (Wildman–Crippen LogP) is 8.70. The molecule has 0 aromatic heterocycles. The molecule has 0 radical (unpaired) electrons. The summed E-state index contributed by atoms with van der Waals surface area (Å²) in [6, 6.07) is 10.7. The smallest absolute Gasteiger partial charge is 0.0257 e. The fourth-order valence-electron chi connectivity index (χ4n) is 4.57. The standard InChI is InChI=1S/C16H22.C11H20/c1-13(2)16-10-8-15(9-11-16)12-14-6-4-3-5-7-14;1-4-10-5-7-11(8-6-10)9(2)3/h3-7,12-13,16H,8-11H2,1-2H3;4,9,11H,5-8H2,1-3H3. The first-order valence-electron chi connectivity index (χ1n) is 11.4. The van der Waals surface area contributed by atoms with Gasteiger partial charge in [0.1, 0.15) is 0 Å². The van der Waals surface area contributed by atoms with Gasteiger partial charge in [-0.05, 0) is 87.5 Å². The normalized spacial score (nSPS) is 23.1. The van der Waals surface area contributed by atoms with Crippen molar-refractivity contribution < 1.29 is 0 Å². The summed E-state index contributed by atoms with van der Waals surface area (Å²) in [4.78, 5) is 0. The highest BCUT2D eigenvalue weighted by molar-refractivity contribution is 5.52. The van der Waals surface area contributed by atoms with E-state index >= 15 is 0 Å². The molecule has 27 heavy (non-hydrogen) atoms. The quantitative estimate of drug-likeness (QED) is 0.469. The van der Waals surface area contributed by atoms with E-state index < -0.39 is 0 Å². The molecule has 2 aliphatic rings. The maximum atomic E-state index is 2.39. The highest BCUT2D eigenvalue weighted by Crippen LogP contribution is 2.34. The molecule has 2 fully saturated rings. The van der Waals surface area contributed by atoms with Crippen LogP contribution in [0.25, 0.3) is 6.08 Å². The Hall–Kier alpha value is -1.30. The van der Waals surface area contributed by atoms with Crippen molar-refractivity contribution in [1.29, 1.82) is 0 Å². The fraction of sp³-hybridized carbons (Fsp3) is 0.630. The lowest BCUT2D eigenvalue weighted by Gasteiger charge is -2.27. The number of rotatable bonds is 3. The van der Waals surface area contributed by atoms with Crippen molar-refractivity contribution in [1.82, 2.24) is 0 Å². The van der Waals surface area contributed by atoms with Crippen LogP contribution in [0.3, 0.4) is 0 Å². The van der Waals surface area contributed by atoms with Crippen LogP contribution in [0.5, 0.6) is 0 Å². The average molecular weight is 367 g/mol. The summed E-state index contributed by atoms with van der Waals surface area (Å²) >= 11 is 0. The van der Waals surface area contributed by atoms with Gasteiger partial charge in [-0.3, -0.25) is 0 Å². The molecule has 0 saturated heterocycles. The zero-order chi connectivity index (χ0) is 19.6. The predicted molar refractivity (Wildman–Crippen MR) is 122 cm³/mol. The van der Waals surface area contributed by atoms with Gasteiger partial charge in [-0.25, -0.2) is 0 Å². The lowest BCUT2D eigenvalue weighted by molar-refractivity contribution is 0.311. The van der Waals surface area contributed by atoms with Gasteiger partial charge in [0.15, 0.2) is 0 Å². The minimum absolute atomic E-state index is 0.860. The molecule has 0 aliphatic heterocycles. The molecule has 0 heterocycles. The third-order valence-electron chi connectivity index (χ3n) is 6.81. The monoisotopic (exact) mass is 366 g/mol. The molecule has 3 rings (SSSR count). The molecule has 0 nitrogen and oxygen atoms in total. The fourth-order valence-corrected chi connectivity index (χ4v) is 4.57. The van der Waals surface area contributed by atoms with E-state index in [0.717, 1.165) is 23.7 Å². The second-order valence-electron chi connectivity index (χ2n) is 9.32. The molecule has 0 atom stereocenters. The molecule has 0 bridgehead atoms. The van der Waals surface area contributed by atoms with Crippen LogP contribution in [0.4, 0.5) is 0 Å². The summed E-state index contributed by atoms with van der Waals surface area (Å²) in [5.74, 6) is 3.71. The number of hydrogen-bond acceptors (Lipinski definition) is 0. The number of benzene rings is 1. The van der Waals surface area contributed by atoms with Gasteiger partial charge in [0.2, 0.25) is 0 Å². The summed E-state index contributed by atoms with van der Waals surface area (Å²) in [5, 5.41) is 0. The van der Waals surface area contributed by atoms with Gasteiger partial charge in [-0.1, -0.05) is 81.3 Å².